The predicted molar refractivity (Wildman–Crippen MR) is 77.9 cm³/mol. The van der Waals surface area contributed by atoms with Crippen LogP contribution in [-0.4, -0.2) is 59.4 Å². The summed E-state index contributed by atoms with van der Waals surface area (Å²) >= 11 is 0. The number of cyclic esters (lactones) is 1. The van der Waals surface area contributed by atoms with Gasteiger partial charge in [0.2, 0.25) is 0 Å². The van der Waals surface area contributed by atoms with Gasteiger partial charge >= 0.3 is 11.9 Å². The molecule has 5 atom stereocenters. The van der Waals surface area contributed by atoms with E-state index < -0.39 is 29.4 Å². The van der Waals surface area contributed by atoms with Crippen molar-refractivity contribution in [3.8, 4) is 0 Å². The molecule has 0 aromatic carbocycles. The van der Waals surface area contributed by atoms with E-state index in [1.165, 1.54) is 6.92 Å². The van der Waals surface area contributed by atoms with Crippen molar-refractivity contribution in [1.29, 1.82) is 0 Å². The Morgan fingerprint density at radius 1 is 1.27 bits per heavy atom. The average molecular weight is 309 g/mol. The summed E-state index contributed by atoms with van der Waals surface area (Å²) in [5.41, 5.74) is -0.509. The number of hydrogen-bond donors (Lipinski definition) is 1. The van der Waals surface area contributed by atoms with E-state index in [9.17, 15) is 14.7 Å². The van der Waals surface area contributed by atoms with Gasteiger partial charge in [-0.3, -0.25) is 14.5 Å². The van der Waals surface area contributed by atoms with E-state index in [0.29, 0.717) is 0 Å². The van der Waals surface area contributed by atoms with Gasteiger partial charge in [0, 0.05) is 13.1 Å². The first-order valence-electron chi connectivity index (χ1n) is 7.85. The van der Waals surface area contributed by atoms with Crippen LogP contribution in [0.2, 0.25) is 0 Å². The summed E-state index contributed by atoms with van der Waals surface area (Å²) in [4.78, 5) is 26.8. The quantitative estimate of drug-likeness (QED) is 0.518. The van der Waals surface area contributed by atoms with Gasteiger partial charge in [-0.1, -0.05) is 6.08 Å². The monoisotopic (exact) mass is 309 g/mol. The summed E-state index contributed by atoms with van der Waals surface area (Å²) in [6.07, 6.45) is 2.58. The molecule has 3 heterocycles. The molecule has 3 rings (SSSR count). The third kappa shape index (κ3) is 2.34. The number of aliphatic hydroxyl groups is 1. The van der Waals surface area contributed by atoms with E-state index >= 15 is 0 Å². The second kappa shape index (κ2) is 5.35. The lowest BCUT2D eigenvalue weighted by Crippen LogP contribution is -2.48. The van der Waals surface area contributed by atoms with Crippen LogP contribution in [0.1, 0.15) is 27.2 Å². The second-order valence-corrected chi connectivity index (χ2v) is 6.76. The Bertz CT molecular complexity index is 527. The zero-order chi connectivity index (χ0) is 16.1. The van der Waals surface area contributed by atoms with Crippen molar-refractivity contribution in [2.45, 2.75) is 44.9 Å². The van der Waals surface area contributed by atoms with Gasteiger partial charge in [0.25, 0.3) is 0 Å². The Morgan fingerprint density at radius 2 is 1.95 bits per heavy atom. The maximum atomic E-state index is 12.4. The lowest BCUT2D eigenvalue weighted by atomic mass is 9.80. The van der Waals surface area contributed by atoms with Crippen molar-refractivity contribution in [2.75, 3.05) is 19.7 Å². The van der Waals surface area contributed by atoms with Crippen LogP contribution in [0, 0.1) is 11.8 Å². The normalized spacial score (nSPS) is 43.0. The number of esters is 2. The molecule has 6 nitrogen and oxygen atoms in total. The highest BCUT2D eigenvalue weighted by Crippen LogP contribution is 2.35. The Kier molecular flexibility index (Phi) is 3.77. The van der Waals surface area contributed by atoms with Crippen LogP contribution < -0.4 is 0 Å². The Labute approximate surface area is 130 Å². The number of rotatable bonds is 0. The minimum Gasteiger partial charge on any atom is -0.461 e. The van der Waals surface area contributed by atoms with Gasteiger partial charge in [-0.05, 0) is 32.8 Å². The van der Waals surface area contributed by atoms with Gasteiger partial charge in [0.05, 0.1) is 23.5 Å². The SMILES string of the molecule is CC1C(=O)OCC2=CCN3CC[C@@H](OC(=O)[C@H](C)[C@]1(C)O)[C@@H]23. The third-order valence-electron chi connectivity index (χ3n) is 5.52. The number of hydrogen-bond acceptors (Lipinski definition) is 6. The Morgan fingerprint density at radius 3 is 2.68 bits per heavy atom. The summed E-state index contributed by atoms with van der Waals surface area (Å²) in [5.74, 6) is -2.53. The molecule has 1 unspecified atom stereocenters. The van der Waals surface area contributed by atoms with Crippen LogP contribution in [0.4, 0.5) is 0 Å². The lowest BCUT2D eigenvalue weighted by Gasteiger charge is -2.33. The fourth-order valence-corrected chi connectivity index (χ4v) is 3.51. The third-order valence-corrected chi connectivity index (χ3v) is 5.52. The first-order valence-corrected chi connectivity index (χ1v) is 7.85. The fraction of sp³-hybridized carbons (Fsp3) is 0.750. The topological polar surface area (TPSA) is 76.1 Å². The molecule has 0 aromatic rings. The van der Waals surface area contributed by atoms with E-state index in [1.54, 1.807) is 13.8 Å². The molecule has 1 N–H and O–H groups in total. The smallest absolute Gasteiger partial charge is 0.311 e. The molecular weight excluding hydrogens is 286 g/mol. The highest BCUT2D eigenvalue weighted by atomic mass is 16.6. The van der Waals surface area contributed by atoms with Crippen LogP contribution in [0.3, 0.4) is 0 Å². The molecule has 22 heavy (non-hydrogen) atoms. The van der Waals surface area contributed by atoms with Gasteiger partial charge in [-0.2, -0.15) is 0 Å². The van der Waals surface area contributed by atoms with Gasteiger partial charge in [0.15, 0.2) is 0 Å². The van der Waals surface area contributed by atoms with E-state index in [1.807, 2.05) is 6.08 Å². The summed E-state index contributed by atoms with van der Waals surface area (Å²) < 4.78 is 11.1. The summed E-state index contributed by atoms with van der Waals surface area (Å²) in [6, 6.07) is 0.00213. The number of ether oxygens (including phenoxy) is 2. The van der Waals surface area contributed by atoms with Crippen molar-refractivity contribution < 1.29 is 24.2 Å². The molecule has 6 heteroatoms. The second-order valence-electron chi connectivity index (χ2n) is 6.76. The minimum atomic E-state index is -1.50. The van der Waals surface area contributed by atoms with Crippen molar-refractivity contribution in [3.05, 3.63) is 11.6 Å². The highest BCUT2D eigenvalue weighted by Gasteiger charge is 2.48. The molecule has 2 saturated heterocycles. The van der Waals surface area contributed by atoms with Crippen LogP contribution in [0.15, 0.2) is 11.6 Å². The predicted octanol–water partition coefficient (Wildman–Crippen LogP) is 0.492. The highest BCUT2D eigenvalue weighted by molar-refractivity contribution is 5.78. The van der Waals surface area contributed by atoms with Gasteiger partial charge < -0.3 is 14.6 Å². The Balaban J connectivity index is 1.92. The van der Waals surface area contributed by atoms with Crippen LogP contribution in [0.25, 0.3) is 0 Å². The van der Waals surface area contributed by atoms with E-state index in [-0.39, 0.29) is 18.8 Å². The number of carbonyl (C=O) groups is 2. The molecule has 3 aliphatic heterocycles. The first kappa shape index (κ1) is 15.5. The maximum absolute atomic E-state index is 12.4. The molecule has 0 radical (unpaired) electrons. The molecule has 0 saturated carbocycles. The zero-order valence-electron chi connectivity index (χ0n) is 13.2. The van der Waals surface area contributed by atoms with Gasteiger partial charge in [-0.15, -0.1) is 0 Å². The van der Waals surface area contributed by atoms with Crippen molar-refractivity contribution in [2.24, 2.45) is 11.8 Å². The largest absolute Gasteiger partial charge is 0.461 e. The molecule has 0 bridgehead atoms. The Hall–Kier alpha value is -1.40. The first-order chi connectivity index (χ1) is 10.3. The molecule has 0 aromatic heterocycles. The average Bonchev–Trinajstić information content (AvgIpc) is 3.05. The summed E-state index contributed by atoms with van der Waals surface area (Å²) in [6.45, 7) is 6.53. The molecule has 0 spiro atoms. The van der Waals surface area contributed by atoms with E-state index in [4.69, 9.17) is 9.47 Å². The van der Waals surface area contributed by atoms with Crippen molar-refractivity contribution in [1.82, 2.24) is 4.90 Å². The van der Waals surface area contributed by atoms with E-state index in [0.717, 1.165) is 25.1 Å². The van der Waals surface area contributed by atoms with Crippen LogP contribution in [0.5, 0.6) is 0 Å². The lowest BCUT2D eigenvalue weighted by molar-refractivity contribution is -0.171. The van der Waals surface area contributed by atoms with Gasteiger partial charge in [-0.25, -0.2) is 0 Å². The standard InChI is InChI=1S/C16H23NO5/c1-9-14(18)21-8-11-4-6-17-7-5-12(13(11)17)22-15(19)10(2)16(9,3)20/h4,9-10,12-13,20H,5-8H2,1-3H3/t9?,10-,12+,13+,16+/m0/s1. The number of nitrogens with zero attached hydrogens (tertiary/aromatic N) is 1. The minimum absolute atomic E-state index is 0.00213. The molecule has 3 aliphatic rings. The molecule has 122 valence electrons. The van der Waals surface area contributed by atoms with Crippen LogP contribution >= 0.6 is 0 Å². The fourth-order valence-electron chi connectivity index (χ4n) is 3.51. The summed E-state index contributed by atoms with van der Waals surface area (Å²) in [7, 11) is 0. The van der Waals surface area contributed by atoms with Gasteiger partial charge in [0.1, 0.15) is 12.7 Å². The molecule has 0 aliphatic carbocycles. The zero-order valence-corrected chi connectivity index (χ0v) is 13.2. The van der Waals surface area contributed by atoms with Crippen molar-refractivity contribution >= 4 is 11.9 Å². The molecular formula is C16H23NO5. The van der Waals surface area contributed by atoms with E-state index in [2.05, 4.69) is 4.90 Å². The van der Waals surface area contributed by atoms with Crippen LogP contribution in [-0.2, 0) is 19.1 Å². The maximum Gasteiger partial charge on any atom is 0.311 e. The molecule has 0 amide bonds. The van der Waals surface area contributed by atoms with Crippen molar-refractivity contribution in [3.63, 3.8) is 0 Å². The molecule has 2 fully saturated rings. The summed E-state index contributed by atoms with van der Waals surface area (Å²) in [5, 5.41) is 10.6. The number of carbonyl (C=O) groups excluding carboxylic acids is 2.